The summed E-state index contributed by atoms with van der Waals surface area (Å²) in [5, 5.41) is 0. The van der Waals surface area contributed by atoms with Crippen LogP contribution in [-0.4, -0.2) is 0 Å². The first-order valence-electron chi connectivity index (χ1n) is 0.371. The molecule has 0 fully saturated rings. The summed E-state index contributed by atoms with van der Waals surface area (Å²) in [5.74, 6) is 0. The summed E-state index contributed by atoms with van der Waals surface area (Å²) in [5.41, 5.74) is 0. The van der Waals surface area contributed by atoms with Crippen LogP contribution in [0.25, 0.3) is 0 Å². The van der Waals surface area contributed by atoms with Gasteiger partial charge in [0.05, 0.1) is 0 Å². The molecule has 0 amide bonds. The molecule has 0 heterocycles. The Bertz CT molecular complexity index is 8.00. The van der Waals surface area contributed by atoms with Crippen molar-refractivity contribution in [3.63, 3.8) is 0 Å². The second-order valence-electron chi connectivity index (χ2n) is 0. The molecule has 0 unspecified atom stereocenters. The summed E-state index contributed by atoms with van der Waals surface area (Å²) in [6.45, 7) is 0. The molecule has 0 saturated heterocycles. The fourth-order valence-corrected chi connectivity index (χ4v) is 0. The molecule has 0 aromatic rings. The summed E-state index contributed by atoms with van der Waals surface area (Å²) < 4.78 is 16.5. The van der Waals surface area contributed by atoms with Crippen molar-refractivity contribution in [2.24, 2.45) is 0 Å². The molecule has 4 heteroatoms. The van der Waals surface area contributed by atoms with Crippen LogP contribution in [0.3, 0.4) is 0 Å². The summed E-state index contributed by atoms with van der Waals surface area (Å²) in [6.07, 6.45) is 0. The summed E-state index contributed by atoms with van der Waals surface area (Å²) in [4.78, 5) is 0. The van der Waals surface area contributed by atoms with Crippen LogP contribution in [0.15, 0.2) is 0 Å². The van der Waals surface area contributed by atoms with Crippen LogP contribution in [0.2, 0.25) is 0 Å². The van der Waals surface area contributed by atoms with E-state index in [9.17, 15) is 0 Å². The number of rotatable bonds is 0. The predicted molar refractivity (Wildman–Crippen MR) is 1.37 cm³/mol. The SMILES string of the molecule is [O]=[Ce].[O]=[Cr]. The zero-order valence-electron chi connectivity index (χ0n) is 1.72. The Morgan fingerprint density at radius 1 is 1.25 bits per heavy atom. The Morgan fingerprint density at radius 3 is 1.25 bits per heavy atom. The minimum absolute atomic E-state index is 0.0556. The fourth-order valence-electron chi connectivity index (χ4n) is 0. The van der Waals surface area contributed by atoms with E-state index in [4.69, 9.17) is 4.74 Å². The maximum absolute atomic E-state index is 8.39. The molecule has 0 aromatic carbocycles. The van der Waals surface area contributed by atoms with Gasteiger partial charge in [-0.2, -0.15) is 0 Å². The third-order valence-electron chi connectivity index (χ3n) is 0. The van der Waals surface area contributed by atoms with Crippen molar-refractivity contribution in [1.82, 2.24) is 0 Å². The Labute approximate surface area is 59.8 Å². The van der Waals surface area contributed by atoms with Crippen LogP contribution >= 0.6 is 0 Å². The Morgan fingerprint density at radius 2 is 1.25 bits per heavy atom. The van der Waals surface area contributed by atoms with E-state index >= 15 is 0 Å². The van der Waals surface area contributed by atoms with Crippen molar-refractivity contribution in [3.8, 4) is 0 Å². The van der Waals surface area contributed by atoms with Crippen molar-refractivity contribution < 1.29 is 60.7 Å². The molecule has 0 N–H and O–H groups in total. The Kier molecular flexibility index (Phi) is 55.4. The third kappa shape index (κ3) is 9.70. The van der Waals surface area contributed by atoms with E-state index in [1.54, 1.807) is 0 Å². The molecule has 0 aliphatic carbocycles. The molecular weight excluding hydrogens is 224 g/mol. The van der Waals surface area contributed by atoms with E-state index in [1.165, 1.54) is 16.2 Å². The zero-order valence-corrected chi connectivity index (χ0v) is 6.14. The Balaban J connectivity index is 0. The van der Waals surface area contributed by atoms with E-state index < -0.39 is 0 Å². The second kappa shape index (κ2) is 24.4. The van der Waals surface area contributed by atoms with Crippen LogP contribution in [0.4, 0.5) is 0 Å². The van der Waals surface area contributed by atoms with Gasteiger partial charge in [-0.1, -0.05) is 0 Å². The first kappa shape index (κ1) is 9.10. The van der Waals surface area contributed by atoms with Gasteiger partial charge in [0.25, 0.3) is 0 Å². The van der Waals surface area contributed by atoms with E-state index in [-0.39, 0.29) is 39.8 Å². The monoisotopic (exact) mass is 224 g/mol. The van der Waals surface area contributed by atoms with Gasteiger partial charge in [-0.3, -0.25) is 0 Å². The van der Waals surface area contributed by atoms with Crippen molar-refractivity contribution in [1.29, 1.82) is 0 Å². The summed E-state index contributed by atoms with van der Waals surface area (Å²) in [6, 6.07) is 0. The Hall–Kier alpha value is 1.51. The van der Waals surface area contributed by atoms with E-state index in [0.29, 0.717) is 0 Å². The topological polar surface area (TPSA) is 34.1 Å². The molecule has 22 valence electrons. The van der Waals surface area contributed by atoms with E-state index in [0.717, 1.165) is 0 Å². The van der Waals surface area contributed by atoms with Gasteiger partial charge >= 0.3 is 60.7 Å². The van der Waals surface area contributed by atoms with Gasteiger partial charge in [0.15, 0.2) is 0 Å². The van der Waals surface area contributed by atoms with Gasteiger partial charge in [0, 0.05) is 0 Å². The van der Waals surface area contributed by atoms with Crippen LogP contribution in [0, 0.1) is 39.8 Å². The molecule has 0 bridgehead atoms. The average molecular weight is 224 g/mol. The van der Waals surface area contributed by atoms with Crippen LogP contribution < -0.4 is 0 Å². The summed E-state index contributed by atoms with van der Waals surface area (Å²) in [7, 11) is 0. The minimum atomic E-state index is 0.0556. The number of hydrogen-bond donors (Lipinski definition) is 0. The normalized spacial score (nSPS) is 1.75. The van der Waals surface area contributed by atoms with Crippen LogP contribution in [0.1, 0.15) is 0 Å². The average Bonchev–Trinajstić information content (AvgIpc) is 1.50. The predicted octanol–water partition coefficient (Wildman–Crippen LogP) is -0.240. The molecule has 0 rings (SSSR count). The van der Waals surface area contributed by atoms with Crippen LogP contribution in [-0.2, 0) is 21.0 Å². The van der Waals surface area contributed by atoms with Crippen molar-refractivity contribution in [2.45, 2.75) is 0 Å². The van der Waals surface area contributed by atoms with Crippen molar-refractivity contribution in [2.75, 3.05) is 0 Å². The number of hydrogen-bond acceptors (Lipinski definition) is 2. The first-order valence-corrected chi connectivity index (χ1v) is 2.17. The molecule has 0 aliphatic rings. The van der Waals surface area contributed by atoms with Gasteiger partial charge in [0.2, 0.25) is 0 Å². The van der Waals surface area contributed by atoms with E-state index in [1.807, 2.05) is 0 Å². The molecule has 0 atom stereocenters. The third-order valence-corrected chi connectivity index (χ3v) is 0. The van der Waals surface area contributed by atoms with Gasteiger partial charge < -0.3 is 0 Å². The molecule has 4 heavy (non-hydrogen) atoms. The van der Waals surface area contributed by atoms with Crippen LogP contribution in [0.5, 0.6) is 0 Å². The van der Waals surface area contributed by atoms with Gasteiger partial charge in [-0.05, 0) is 0 Å². The van der Waals surface area contributed by atoms with Gasteiger partial charge in [-0.25, -0.2) is 0 Å². The van der Waals surface area contributed by atoms with Gasteiger partial charge in [-0.15, -0.1) is 0 Å². The second-order valence-corrected chi connectivity index (χ2v) is 0. The first-order chi connectivity index (χ1) is 2.00. The molecule has 2 nitrogen and oxygen atoms in total. The molecule has 0 spiro atoms. The quantitative estimate of drug-likeness (QED) is 0.569. The zero-order chi connectivity index (χ0) is 4.00. The van der Waals surface area contributed by atoms with Crippen molar-refractivity contribution >= 4 is 0 Å². The molecular formula is CeCrO2. The fraction of sp³-hybridized carbons (Fsp3) is 0. The molecule has 0 radical (unpaired) electrons. The maximum atomic E-state index is 8.39. The molecule has 0 saturated carbocycles. The van der Waals surface area contributed by atoms with Crippen molar-refractivity contribution in [3.05, 3.63) is 0 Å². The van der Waals surface area contributed by atoms with Gasteiger partial charge in [0.1, 0.15) is 0 Å². The van der Waals surface area contributed by atoms with E-state index in [2.05, 4.69) is 0 Å². The molecule has 0 aromatic heterocycles. The summed E-state index contributed by atoms with van der Waals surface area (Å²) >= 11 is 1.43. The standard InChI is InChI=1S/Ce.Cr.2O. The molecule has 0 aliphatic heterocycles.